The largest absolute Gasteiger partial charge is 0.415 e. The molecule has 7 rings (SSSR count). The SMILES string of the molecule is c1ccc(-c2cccc(-c3nnc(-c4ccc(-c5nnc(-c6cccc(-c7ccccc7)n6)o5)cc4)o3)n2)cc1. The van der Waals surface area contributed by atoms with E-state index >= 15 is 0 Å². The molecule has 0 bridgehead atoms. The summed E-state index contributed by atoms with van der Waals surface area (Å²) < 4.78 is 11.9. The molecule has 8 nitrogen and oxygen atoms in total. The molecule has 0 radical (unpaired) electrons. The van der Waals surface area contributed by atoms with Crippen molar-refractivity contribution >= 4 is 0 Å². The molecule has 0 unspecified atom stereocenters. The first-order valence-electron chi connectivity index (χ1n) is 12.6. The third-order valence-electron chi connectivity index (χ3n) is 6.30. The van der Waals surface area contributed by atoms with Gasteiger partial charge < -0.3 is 8.83 Å². The highest BCUT2D eigenvalue weighted by molar-refractivity contribution is 5.66. The first kappa shape index (κ1) is 23.4. The van der Waals surface area contributed by atoms with Crippen molar-refractivity contribution in [2.24, 2.45) is 0 Å². The standard InChI is InChI=1S/C32H20N6O2/c1-3-9-21(10-4-1)25-13-7-15-27(33-25)31-37-35-29(39-31)23-17-19-24(20-18-23)30-36-38-32(40-30)28-16-8-14-26(34-28)22-11-5-2-6-12-22/h1-20H. The highest BCUT2D eigenvalue weighted by Crippen LogP contribution is 2.29. The highest BCUT2D eigenvalue weighted by atomic mass is 16.4. The second-order valence-electron chi connectivity index (χ2n) is 8.95. The van der Waals surface area contributed by atoms with Gasteiger partial charge in [-0.05, 0) is 48.5 Å². The topological polar surface area (TPSA) is 104 Å². The van der Waals surface area contributed by atoms with Crippen molar-refractivity contribution in [2.75, 3.05) is 0 Å². The fraction of sp³-hybridized carbons (Fsp3) is 0. The van der Waals surface area contributed by atoms with Crippen molar-refractivity contribution in [3.8, 4) is 68.6 Å². The van der Waals surface area contributed by atoms with Crippen molar-refractivity contribution in [2.45, 2.75) is 0 Å². The van der Waals surface area contributed by atoms with Gasteiger partial charge in [0, 0.05) is 22.3 Å². The maximum absolute atomic E-state index is 5.96. The Kier molecular flexibility index (Phi) is 5.95. The van der Waals surface area contributed by atoms with E-state index in [2.05, 4.69) is 20.4 Å². The summed E-state index contributed by atoms with van der Waals surface area (Å²) in [5.74, 6) is 1.48. The average Bonchev–Trinajstić information content (AvgIpc) is 3.74. The number of pyridine rings is 2. The van der Waals surface area contributed by atoms with E-state index in [4.69, 9.17) is 18.8 Å². The minimum atomic E-state index is 0.351. The summed E-state index contributed by atoms with van der Waals surface area (Å²) in [6.07, 6.45) is 0. The van der Waals surface area contributed by atoms with Gasteiger partial charge in [-0.25, -0.2) is 9.97 Å². The van der Waals surface area contributed by atoms with Gasteiger partial charge in [0.15, 0.2) is 0 Å². The van der Waals surface area contributed by atoms with Crippen LogP contribution in [0.1, 0.15) is 0 Å². The maximum atomic E-state index is 5.96. The van der Waals surface area contributed by atoms with Crippen LogP contribution in [0.3, 0.4) is 0 Å². The van der Waals surface area contributed by atoms with Crippen LogP contribution in [0.25, 0.3) is 68.6 Å². The number of rotatable bonds is 6. The average molecular weight is 521 g/mol. The predicted octanol–water partition coefficient (Wildman–Crippen LogP) is 7.24. The Bertz CT molecular complexity index is 1760. The van der Waals surface area contributed by atoms with Gasteiger partial charge in [0.25, 0.3) is 11.8 Å². The highest BCUT2D eigenvalue weighted by Gasteiger charge is 2.15. The number of benzene rings is 3. The summed E-state index contributed by atoms with van der Waals surface area (Å²) in [5.41, 5.74) is 6.45. The van der Waals surface area contributed by atoms with Gasteiger partial charge in [-0.3, -0.25) is 0 Å². The van der Waals surface area contributed by atoms with E-state index in [0.717, 1.165) is 33.6 Å². The summed E-state index contributed by atoms with van der Waals surface area (Å²) in [6, 6.07) is 38.9. The lowest BCUT2D eigenvalue weighted by atomic mass is 10.1. The first-order chi connectivity index (χ1) is 19.8. The molecule has 0 atom stereocenters. The maximum Gasteiger partial charge on any atom is 0.266 e. The summed E-state index contributed by atoms with van der Waals surface area (Å²) in [7, 11) is 0. The van der Waals surface area contributed by atoms with Crippen molar-refractivity contribution in [1.82, 2.24) is 30.4 Å². The number of hydrogen-bond acceptors (Lipinski definition) is 8. The third-order valence-corrected chi connectivity index (χ3v) is 6.30. The minimum absolute atomic E-state index is 0.351. The summed E-state index contributed by atoms with van der Waals surface area (Å²) >= 11 is 0. The van der Waals surface area contributed by atoms with Crippen molar-refractivity contribution < 1.29 is 8.83 Å². The predicted molar refractivity (Wildman–Crippen MR) is 150 cm³/mol. The molecule has 0 saturated heterocycles. The second-order valence-corrected chi connectivity index (χ2v) is 8.95. The molecule has 190 valence electrons. The van der Waals surface area contributed by atoms with Gasteiger partial charge in [0.1, 0.15) is 11.4 Å². The molecule has 7 aromatic rings. The van der Waals surface area contributed by atoms with Crippen LogP contribution >= 0.6 is 0 Å². The Balaban J connectivity index is 1.11. The zero-order valence-corrected chi connectivity index (χ0v) is 21.0. The minimum Gasteiger partial charge on any atom is -0.415 e. The van der Waals surface area contributed by atoms with E-state index in [1.807, 2.05) is 121 Å². The number of aromatic nitrogens is 6. The summed E-state index contributed by atoms with van der Waals surface area (Å²) in [4.78, 5) is 9.39. The molecule has 3 aromatic carbocycles. The van der Waals surface area contributed by atoms with E-state index < -0.39 is 0 Å². The lowest BCUT2D eigenvalue weighted by Crippen LogP contribution is -1.87. The van der Waals surface area contributed by atoms with E-state index in [1.165, 1.54) is 0 Å². The fourth-order valence-corrected chi connectivity index (χ4v) is 4.29. The number of nitrogens with zero attached hydrogens (tertiary/aromatic N) is 6. The van der Waals surface area contributed by atoms with Crippen LogP contribution in [0, 0.1) is 0 Å². The normalized spacial score (nSPS) is 11.0. The lowest BCUT2D eigenvalue weighted by molar-refractivity contribution is 0.580. The molecule has 8 heteroatoms. The molecule has 40 heavy (non-hydrogen) atoms. The second kappa shape index (κ2) is 10.2. The molecule has 0 spiro atoms. The molecular weight excluding hydrogens is 500 g/mol. The Morgan fingerprint density at radius 2 is 0.675 bits per heavy atom. The van der Waals surface area contributed by atoms with Crippen LogP contribution in [0.15, 0.2) is 130 Å². The molecular formula is C32H20N6O2. The molecule has 0 aliphatic rings. The van der Waals surface area contributed by atoms with Gasteiger partial charge in [-0.2, -0.15) is 0 Å². The van der Waals surface area contributed by atoms with Gasteiger partial charge in [0.2, 0.25) is 11.8 Å². The smallest absolute Gasteiger partial charge is 0.266 e. The van der Waals surface area contributed by atoms with Crippen molar-refractivity contribution in [3.05, 3.63) is 121 Å². The summed E-state index contributed by atoms with van der Waals surface area (Å²) in [6.45, 7) is 0. The monoisotopic (exact) mass is 520 g/mol. The molecule has 0 aliphatic carbocycles. The van der Waals surface area contributed by atoms with E-state index in [-0.39, 0.29) is 0 Å². The van der Waals surface area contributed by atoms with Crippen molar-refractivity contribution in [1.29, 1.82) is 0 Å². The van der Waals surface area contributed by atoms with E-state index in [1.54, 1.807) is 0 Å². The summed E-state index contributed by atoms with van der Waals surface area (Å²) in [5, 5.41) is 16.9. The van der Waals surface area contributed by atoms with Gasteiger partial charge in [-0.15, -0.1) is 20.4 Å². The Morgan fingerprint density at radius 3 is 1.10 bits per heavy atom. The Morgan fingerprint density at radius 1 is 0.300 bits per heavy atom. The van der Waals surface area contributed by atoms with Crippen LogP contribution in [0.5, 0.6) is 0 Å². The Hall–Kier alpha value is -5.76. The third kappa shape index (κ3) is 4.65. The van der Waals surface area contributed by atoms with Crippen LogP contribution in [-0.2, 0) is 0 Å². The van der Waals surface area contributed by atoms with Crippen molar-refractivity contribution in [3.63, 3.8) is 0 Å². The van der Waals surface area contributed by atoms with Gasteiger partial charge in [-0.1, -0.05) is 72.8 Å². The molecule has 0 amide bonds. The molecule has 0 fully saturated rings. The molecule has 0 aliphatic heterocycles. The molecule has 0 N–H and O–H groups in total. The zero-order valence-electron chi connectivity index (χ0n) is 21.0. The van der Waals surface area contributed by atoms with Gasteiger partial charge >= 0.3 is 0 Å². The molecule has 4 aromatic heterocycles. The van der Waals surface area contributed by atoms with E-state index in [0.29, 0.717) is 35.0 Å². The number of hydrogen-bond donors (Lipinski definition) is 0. The van der Waals surface area contributed by atoms with Gasteiger partial charge in [0.05, 0.1) is 11.4 Å². The molecule has 0 saturated carbocycles. The zero-order chi connectivity index (χ0) is 26.7. The molecule has 4 heterocycles. The fourth-order valence-electron chi connectivity index (χ4n) is 4.29. The Labute approximate surface area is 229 Å². The van der Waals surface area contributed by atoms with Crippen LogP contribution < -0.4 is 0 Å². The first-order valence-corrected chi connectivity index (χ1v) is 12.6. The van der Waals surface area contributed by atoms with E-state index in [9.17, 15) is 0 Å². The van der Waals surface area contributed by atoms with Crippen LogP contribution in [-0.4, -0.2) is 30.4 Å². The van der Waals surface area contributed by atoms with Crippen LogP contribution in [0.4, 0.5) is 0 Å². The quantitative estimate of drug-likeness (QED) is 0.226. The lowest BCUT2D eigenvalue weighted by Gasteiger charge is -2.02. The van der Waals surface area contributed by atoms with Crippen LogP contribution in [0.2, 0.25) is 0 Å².